The van der Waals surface area contributed by atoms with E-state index in [0.717, 1.165) is 25.7 Å². The number of carbonyl (C=O) groups excluding carboxylic acids is 1. The van der Waals surface area contributed by atoms with Crippen LogP contribution in [0.25, 0.3) is 0 Å². The van der Waals surface area contributed by atoms with Crippen LogP contribution in [0.1, 0.15) is 43.2 Å². The molecule has 2 heterocycles. The molecule has 0 bridgehead atoms. The lowest BCUT2D eigenvalue weighted by Gasteiger charge is -2.30. The van der Waals surface area contributed by atoms with Gasteiger partial charge in [-0.1, -0.05) is 19.8 Å². The molecule has 0 spiro atoms. The Morgan fingerprint density at radius 3 is 2.58 bits per heavy atom. The van der Waals surface area contributed by atoms with Gasteiger partial charge in [0.25, 0.3) is 10.0 Å². The minimum absolute atomic E-state index is 0.0412. The van der Waals surface area contributed by atoms with Crippen molar-refractivity contribution in [3.8, 4) is 0 Å². The summed E-state index contributed by atoms with van der Waals surface area (Å²) in [5.41, 5.74) is 0. The molecule has 2 rings (SSSR count). The maximum atomic E-state index is 12.3. The average Bonchev–Trinajstić information content (AvgIpc) is 2.89. The predicted molar refractivity (Wildman–Crippen MR) is 70.5 cm³/mol. The minimum atomic E-state index is -3.58. The SMILES string of the molecule is CCCC1CCN(S(=O)(=O)c2ccc(C=O)o2)CC1. The lowest BCUT2D eigenvalue weighted by molar-refractivity contribution is 0.109. The highest BCUT2D eigenvalue weighted by molar-refractivity contribution is 7.89. The second-order valence-electron chi connectivity index (χ2n) is 4.91. The highest BCUT2D eigenvalue weighted by atomic mass is 32.2. The summed E-state index contributed by atoms with van der Waals surface area (Å²) in [7, 11) is -3.58. The molecular formula is C13H19NO4S. The van der Waals surface area contributed by atoms with E-state index in [1.807, 2.05) is 0 Å². The molecule has 0 aliphatic carbocycles. The van der Waals surface area contributed by atoms with Gasteiger partial charge in [-0.2, -0.15) is 4.31 Å². The Bertz CT molecular complexity index is 527. The van der Waals surface area contributed by atoms with E-state index in [0.29, 0.717) is 25.3 Å². The minimum Gasteiger partial charge on any atom is -0.440 e. The van der Waals surface area contributed by atoms with Gasteiger partial charge in [-0.25, -0.2) is 8.42 Å². The second kappa shape index (κ2) is 5.88. The van der Waals surface area contributed by atoms with Crippen LogP contribution in [0.5, 0.6) is 0 Å². The first-order valence-corrected chi connectivity index (χ1v) is 8.07. The molecule has 0 atom stereocenters. The van der Waals surface area contributed by atoms with E-state index in [1.54, 1.807) is 0 Å². The molecule has 1 aromatic heterocycles. The molecule has 0 unspecified atom stereocenters. The maximum absolute atomic E-state index is 12.3. The Balaban J connectivity index is 2.07. The van der Waals surface area contributed by atoms with Gasteiger partial charge in [-0.3, -0.25) is 4.79 Å². The molecule has 1 aromatic rings. The van der Waals surface area contributed by atoms with Gasteiger partial charge in [0.2, 0.25) is 5.09 Å². The van der Waals surface area contributed by atoms with Crippen molar-refractivity contribution in [2.24, 2.45) is 5.92 Å². The van der Waals surface area contributed by atoms with E-state index >= 15 is 0 Å². The van der Waals surface area contributed by atoms with E-state index in [1.165, 1.54) is 16.4 Å². The lowest BCUT2D eigenvalue weighted by atomic mass is 9.94. The molecular weight excluding hydrogens is 266 g/mol. The predicted octanol–water partition coefficient (Wildman–Crippen LogP) is 2.29. The van der Waals surface area contributed by atoms with Gasteiger partial charge < -0.3 is 4.42 Å². The summed E-state index contributed by atoms with van der Waals surface area (Å²) in [6, 6.07) is 2.72. The highest BCUT2D eigenvalue weighted by Gasteiger charge is 2.31. The molecule has 0 saturated carbocycles. The molecule has 0 N–H and O–H groups in total. The van der Waals surface area contributed by atoms with Crippen molar-refractivity contribution in [1.82, 2.24) is 4.31 Å². The second-order valence-corrected chi connectivity index (χ2v) is 6.78. The van der Waals surface area contributed by atoms with Crippen LogP contribution in [0.2, 0.25) is 0 Å². The Morgan fingerprint density at radius 1 is 1.37 bits per heavy atom. The Morgan fingerprint density at radius 2 is 2.05 bits per heavy atom. The van der Waals surface area contributed by atoms with Crippen LogP contribution in [-0.2, 0) is 10.0 Å². The van der Waals surface area contributed by atoms with Crippen molar-refractivity contribution in [3.05, 3.63) is 17.9 Å². The third-order valence-corrected chi connectivity index (χ3v) is 5.36. The van der Waals surface area contributed by atoms with E-state index in [9.17, 15) is 13.2 Å². The maximum Gasteiger partial charge on any atom is 0.276 e. The lowest BCUT2D eigenvalue weighted by Crippen LogP contribution is -2.38. The zero-order valence-electron chi connectivity index (χ0n) is 11.0. The quantitative estimate of drug-likeness (QED) is 0.778. The number of carbonyl (C=O) groups is 1. The summed E-state index contributed by atoms with van der Waals surface area (Å²) in [5.74, 6) is 0.665. The molecule has 0 radical (unpaired) electrons. The molecule has 1 aliphatic heterocycles. The van der Waals surface area contributed by atoms with E-state index in [4.69, 9.17) is 4.42 Å². The molecule has 1 fully saturated rings. The summed E-state index contributed by atoms with van der Waals surface area (Å²) < 4.78 is 31.1. The molecule has 5 nitrogen and oxygen atoms in total. The number of hydrogen-bond donors (Lipinski definition) is 0. The summed E-state index contributed by atoms with van der Waals surface area (Å²) in [4.78, 5) is 10.5. The van der Waals surface area contributed by atoms with Gasteiger partial charge in [0.1, 0.15) is 0 Å². The van der Waals surface area contributed by atoms with Crippen molar-refractivity contribution in [1.29, 1.82) is 0 Å². The van der Waals surface area contributed by atoms with E-state index in [-0.39, 0.29) is 10.9 Å². The third kappa shape index (κ3) is 3.06. The van der Waals surface area contributed by atoms with Crippen molar-refractivity contribution in [2.45, 2.75) is 37.7 Å². The third-order valence-electron chi connectivity index (χ3n) is 3.58. The van der Waals surface area contributed by atoms with Gasteiger partial charge in [-0.05, 0) is 30.9 Å². The number of sulfonamides is 1. The summed E-state index contributed by atoms with van der Waals surface area (Å²) in [6.45, 7) is 3.21. The van der Waals surface area contributed by atoms with Crippen LogP contribution in [0.15, 0.2) is 21.6 Å². The summed E-state index contributed by atoms with van der Waals surface area (Å²) in [5, 5.41) is -0.136. The Labute approximate surface area is 113 Å². The zero-order valence-corrected chi connectivity index (χ0v) is 11.9. The number of hydrogen-bond acceptors (Lipinski definition) is 4. The molecule has 0 aromatic carbocycles. The van der Waals surface area contributed by atoms with Crippen LogP contribution in [0.3, 0.4) is 0 Å². The van der Waals surface area contributed by atoms with Gasteiger partial charge in [0.15, 0.2) is 12.0 Å². The molecule has 106 valence electrons. The zero-order chi connectivity index (χ0) is 13.9. The standard InChI is InChI=1S/C13H19NO4S/c1-2-3-11-6-8-14(9-7-11)19(16,17)13-5-4-12(10-15)18-13/h4-5,10-11H,2-3,6-9H2,1H3. The molecule has 19 heavy (non-hydrogen) atoms. The normalized spacial score (nSPS) is 18.6. The van der Waals surface area contributed by atoms with Crippen LogP contribution in [0, 0.1) is 5.92 Å². The largest absolute Gasteiger partial charge is 0.440 e. The summed E-state index contributed by atoms with van der Waals surface area (Å²) >= 11 is 0. The molecule has 1 aliphatic rings. The van der Waals surface area contributed by atoms with Crippen LogP contribution in [0.4, 0.5) is 0 Å². The smallest absolute Gasteiger partial charge is 0.276 e. The van der Waals surface area contributed by atoms with Crippen LogP contribution < -0.4 is 0 Å². The van der Waals surface area contributed by atoms with Crippen LogP contribution in [-0.4, -0.2) is 32.1 Å². The van der Waals surface area contributed by atoms with Gasteiger partial charge >= 0.3 is 0 Å². The fourth-order valence-electron chi connectivity index (χ4n) is 2.51. The van der Waals surface area contributed by atoms with Crippen molar-refractivity contribution in [2.75, 3.05) is 13.1 Å². The first-order chi connectivity index (χ1) is 9.07. The first kappa shape index (κ1) is 14.3. The number of aldehydes is 1. The van der Waals surface area contributed by atoms with Gasteiger partial charge in [-0.15, -0.1) is 0 Å². The van der Waals surface area contributed by atoms with E-state index < -0.39 is 10.0 Å². The first-order valence-electron chi connectivity index (χ1n) is 6.63. The van der Waals surface area contributed by atoms with Gasteiger partial charge in [0.05, 0.1) is 0 Å². The van der Waals surface area contributed by atoms with Crippen molar-refractivity contribution < 1.29 is 17.6 Å². The fourth-order valence-corrected chi connectivity index (χ4v) is 3.90. The Kier molecular flexibility index (Phi) is 4.42. The number of rotatable bonds is 5. The number of nitrogens with zero attached hydrogens (tertiary/aromatic N) is 1. The topological polar surface area (TPSA) is 67.6 Å². The average molecular weight is 285 g/mol. The number of piperidine rings is 1. The molecule has 1 saturated heterocycles. The van der Waals surface area contributed by atoms with Crippen molar-refractivity contribution >= 4 is 16.3 Å². The van der Waals surface area contributed by atoms with E-state index in [2.05, 4.69) is 6.92 Å². The van der Waals surface area contributed by atoms with Gasteiger partial charge in [0, 0.05) is 13.1 Å². The monoisotopic (exact) mass is 285 g/mol. The molecule has 0 amide bonds. The summed E-state index contributed by atoms with van der Waals surface area (Å²) in [6.07, 6.45) is 4.59. The van der Waals surface area contributed by atoms with Crippen LogP contribution >= 0.6 is 0 Å². The highest BCUT2D eigenvalue weighted by Crippen LogP contribution is 2.26. The fraction of sp³-hybridized carbons (Fsp3) is 0.615. The molecule has 6 heteroatoms. The van der Waals surface area contributed by atoms with Crippen molar-refractivity contribution in [3.63, 3.8) is 0 Å². The Hall–Kier alpha value is -1.14. The number of furan rings is 1.